The Morgan fingerprint density at radius 2 is 1.80 bits per heavy atom. The SMILES string of the molecule is COc1ccccc1C1NC(CO)(C(=O)O)C2C(=O)N(c3ccccc3C)C(=O)C12. The molecule has 0 radical (unpaired) electrons. The number of amides is 2. The second-order valence-corrected chi connectivity index (χ2v) is 7.60. The first-order chi connectivity index (χ1) is 14.4. The summed E-state index contributed by atoms with van der Waals surface area (Å²) in [6, 6.07) is 13.0. The van der Waals surface area contributed by atoms with Gasteiger partial charge in [0.25, 0.3) is 0 Å². The normalized spacial score (nSPS) is 28.0. The zero-order valence-electron chi connectivity index (χ0n) is 16.5. The molecule has 2 heterocycles. The minimum absolute atomic E-state index is 0.415. The molecule has 2 aromatic carbocycles. The number of rotatable bonds is 5. The molecule has 4 rings (SSSR count). The Kier molecular flexibility index (Phi) is 4.83. The molecule has 156 valence electrons. The highest BCUT2D eigenvalue weighted by Crippen LogP contribution is 2.51. The van der Waals surface area contributed by atoms with Gasteiger partial charge in [-0.05, 0) is 24.6 Å². The average Bonchev–Trinajstić information content (AvgIpc) is 3.23. The molecule has 8 nitrogen and oxygen atoms in total. The summed E-state index contributed by atoms with van der Waals surface area (Å²) < 4.78 is 5.40. The summed E-state index contributed by atoms with van der Waals surface area (Å²) in [5, 5.41) is 23.0. The lowest BCUT2D eigenvalue weighted by molar-refractivity contribution is -0.150. The lowest BCUT2D eigenvalue weighted by atomic mass is 9.79. The predicted octanol–water partition coefficient (Wildman–Crippen LogP) is 1.27. The third kappa shape index (κ3) is 2.64. The second-order valence-electron chi connectivity index (χ2n) is 7.60. The molecule has 8 heteroatoms. The number of carbonyl (C=O) groups is 3. The van der Waals surface area contributed by atoms with Gasteiger partial charge in [-0.1, -0.05) is 36.4 Å². The van der Waals surface area contributed by atoms with Crippen LogP contribution in [0.1, 0.15) is 17.2 Å². The number of aryl methyl sites for hydroxylation is 1. The van der Waals surface area contributed by atoms with Crippen LogP contribution in [0.2, 0.25) is 0 Å². The molecule has 2 amide bonds. The van der Waals surface area contributed by atoms with Crippen molar-refractivity contribution >= 4 is 23.5 Å². The number of methoxy groups -OCH3 is 1. The van der Waals surface area contributed by atoms with Crippen LogP contribution in [-0.4, -0.2) is 47.3 Å². The number of carbonyl (C=O) groups excluding carboxylic acids is 2. The zero-order chi connectivity index (χ0) is 21.6. The van der Waals surface area contributed by atoms with Crippen LogP contribution in [0.25, 0.3) is 0 Å². The fourth-order valence-corrected chi connectivity index (χ4v) is 4.66. The Morgan fingerprint density at radius 1 is 1.13 bits per heavy atom. The topological polar surface area (TPSA) is 116 Å². The number of anilines is 1. The number of benzene rings is 2. The van der Waals surface area contributed by atoms with Crippen molar-refractivity contribution in [2.75, 3.05) is 18.6 Å². The summed E-state index contributed by atoms with van der Waals surface area (Å²) in [7, 11) is 1.48. The van der Waals surface area contributed by atoms with Gasteiger partial charge >= 0.3 is 5.97 Å². The molecule has 2 fully saturated rings. The number of carboxylic acids is 1. The highest BCUT2D eigenvalue weighted by atomic mass is 16.5. The van der Waals surface area contributed by atoms with E-state index in [1.165, 1.54) is 7.11 Å². The van der Waals surface area contributed by atoms with Crippen molar-refractivity contribution in [3.8, 4) is 5.75 Å². The monoisotopic (exact) mass is 410 g/mol. The number of hydrogen-bond acceptors (Lipinski definition) is 6. The molecule has 0 aliphatic carbocycles. The molecular weight excluding hydrogens is 388 g/mol. The number of para-hydroxylation sites is 2. The van der Waals surface area contributed by atoms with Crippen LogP contribution in [0.3, 0.4) is 0 Å². The molecule has 4 atom stereocenters. The standard InChI is InChI=1S/C22H22N2O6/c1-12-7-3-5-9-14(12)24-19(26)16-17(20(24)27)22(11-25,21(28)29)23-18(16)13-8-4-6-10-15(13)30-2/h3-10,16-18,23,25H,11H2,1-2H3,(H,28,29). The maximum absolute atomic E-state index is 13.5. The maximum atomic E-state index is 13.5. The Bertz CT molecular complexity index is 1040. The average molecular weight is 410 g/mol. The van der Waals surface area contributed by atoms with Gasteiger partial charge in [0, 0.05) is 11.6 Å². The highest BCUT2D eigenvalue weighted by molar-refractivity contribution is 6.24. The summed E-state index contributed by atoms with van der Waals surface area (Å²) in [5.41, 5.74) is -0.302. The Hall–Kier alpha value is -3.23. The van der Waals surface area contributed by atoms with E-state index in [1.54, 1.807) is 55.5 Å². The largest absolute Gasteiger partial charge is 0.496 e. The minimum atomic E-state index is -1.99. The fraction of sp³-hybridized carbons (Fsp3) is 0.318. The first-order valence-electron chi connectivity index (χ1n) is 9.55. The molecule has 2 aliphatic heterocycles. The number of fused-ring (bicyclic) bond motifs is 1. The van der Waals surface area contributed by atoms with E-state index in [9.17, 15) is 24.6 Å². The van der Waals surface area contributed by atoms with Crippen LogP contribution in [0.15, 0.2) is 48.5 Å². The van der Waals surface area contributed by atoms with E-state index < -0.39 is 47.8 Å². The van der Waals surface area contributed by atoms with E-state index >= 15 is 0 Å². The number of carboxylic acid groups (broad SMARTS) is 1. The zero-order valence-corrected chi connectivity index (χ0v) is 16.5. The predicted molar refractivity (Wildman–Crippen MR) is 107 cm³/mol. The molecule has 3 N–H and O–H groups in total. The fourth-order valence-electron chi connectivity index (χ4n) is 4.66. The van der Waals surface area contributed by atoms with Crippen molar-refractivity contribution in [2.45, 2.75) is 18.5 Å². The van der Waals surface area contributed by atoms with Gasteiger partial charge < -0.3 is 14.9 Å². The molecule has 4 unspecified atom stereocenters. The lowest BCUT2D eigenvalue weighted by Crippen LogP contribution is -2.58. The highest BCUT2D eigenvalue weighted by Gasteiger charge is 2.69. The lowest BCUT2D eigenvalue weighted by Gasteiger charge is -2.29. The third-order valence-electron chi connectivity index (χ3n) is 6.12. The van der Waals surface area contributed by atoms with Crippen molar-refractivity contribution in [1.82, 2.24) is 5.32 Å². The Balaban J connectivity index is 1.90. The van der Waals surface area contributed by atoms with Gasteiger partial charge in [-0.3, -0.25) is 19.7 Å². The third-order valence-corrected chi connectivity index (χ3v) is 6.12. The number of nitrogens with zero attached hydrogens (tertiary/aromatic N) is 1. The van der Waals surface area contributed by atoms with Gasteiger partial charge in [-0.25, -0.2) is 4.90 Å². The summed E-state index contributed by atoms with van der Waals surface area (Å²) in [5.74, 6) is -4.33. The first-order valence-corrected chi connectivity index (χ1v) is 9.55. The van der Waals surface area contributed by atoms with Crippen LogP contribution >= 0.6 is 0 Å². The molecular formula is C22H22N2O6. The van der Waals surface area contributed by atoms with E-state index in [0.717, 1.165) is 4.90 Å². The van der Waals surface area contributed by atoms with E-state index in [1.807, 2.05) is 0 Å². The number of aliphatic hydroxyl groups excluding tert-OH is 1. The molecule has 0 saturated carbocycles. The van der Waals surface area contributed by atoms with E-state index in [0.29, 0.717) is 22.6 Å². The number of hydrogen-bond donors (Lipinski definition) is 3. The number of nitrogens with one attached hydrogen (secondary N) is 1. The van der Waals surface area contributed by atoms with Gasteiger partial charge in [-0.2, -0.15) is 0 Å². The number of ether oxygens (including phenoxy) is 1. The van der Waals surface area contributed by atoms with Crippen molar-refractivity contribution < 1.29 is 29.3 Å². The van der Waals surface area contributed by atoms with Crippen LogP contribution < -0.4 is 15.0 Å². The van der Waals surface area contributed by atoms with Gasteiger partial charge in [0.05, 0.1) is 31.2 Å². The summed E-state index contributed by atoms with van der Waals surface area (Å²) in [6.45, 7) is 0.937. The number of aliphatic hydroxyl groups is 1. The van der Waals surface area contributed by atoms with Crippen molar-refractivity contribution in [1.29, 1.82) is 0 Å². The molecule has 2 saturated heterocycles. The van der Waals surface area contributed by atoms with Crippen molar-refractivity contribution in [3.05, 3.63) is 59.7 Å². The molecule has 0 spiro atoms. The van der Waals surface area contributed by atoms with Crippen LogP contribution in [0.4, 0.5) is 5.69 Å². The van der Waals surface area contributed by atoms with Crippen molar-refractivity contribution in [3.63, 3.8) is 0 Å². The van der Waals surface area contributed by atoms with E-state index in [4.69, 9.17) is 4.74 Å². The quantitative estimate of drug-likeness (QED) is 0.636. The first kappa shape index (κ1) is 20.1. The van der Waals surface area contributed by atoms with Gasteiger partial charge in [0.2, 0.25) is 11.8 Å². The van der Waals surface area contributed by atoms with Crippen molar-refractivity contribution in [2.24, 2.45) is 11.8 Å². The molecule has 0 bridgehead atoms. The number of aliphatic carboxylic acids is 1. The molecule has 0 aromatic heterocycles. The Labute approximate surface area is 173 Å². The number of imide groups is 1. The summed E-state index contributed by atoms with van der Waals surface area (Å²) in [4.78, 5) is 40.2. The van der Waals surface area contributed by atoms with Crippen LogP contribution in [-0.2, 0) is 14.4 Å². The summed E-state index contributed by atoms with van der Waals surface area (Å²) in [6.07, 6.45) is 0. The van der Waals surface area contributed by atoms with E-state index in [2.05, 4.69) is 5.32 Å². The van der Waals surface area contributed by atoms with Crippen LogP contribution in [0, 0.1) is 18.8 Å². The minimum Gasteiger partial charge on any atom is -0.496 e. The van der Waals surface area contributed by atoms with Crippen LogP contribution in [0.5, 0.6) is 5.75 Å². The molecule has 30 heavy (non-hydrogen) atoms. The molecule has 2 aromatic rings. The van der Waals surface area contributed by atoms with Gasteiger partial charge in [-0.15, -0.1) is 0 Å². The molecule has 2 aliphatic rings. The maximum Gasteiger partial charge on any atom is 0.327 e. The second kappa shape index (κ2) is 7.23. The summed E-state index contributed by atoms with van der Waals surface area (Å²) >= 11 is 0. The van der Waals surface area contributed by atoms with Gasteiger partial charge in [0.15, 0.2) is 5.54 Å². The smallest absolute Gasteiger partial charge is 0.327 e. The van der Waals surface area contributed by atoms with E-state index in [-0.39, 0.29) is 0 Å². The van der Waals surface area contributed by atoms with Gasteiger partial charge in [0.1, 0.15) is 5.75 Å². The Morgan fingerprint density at radius 3 is 2.43 bits per heavy atom.